The van der Waals surface area contributed by atoms with Crippen molar-refractivity contribution < 1.29 is 18.7 Å². The van der Waals surface area contributed by atoms with Gasteiger partial charge in [0.25, 0.3) is 0 Å². The molecule has 2 aromatic carbocycles. The van der Waals surface area contributed by atoms with E-state index in [1.807, 2.05) is 48.5 Å². The topological polar surface area (TPSA) is 122 Å². The summed E-state index contributed by atoms with van der Waals surface area (Å²) < 4.78 is 21.4. The summed E-state index contributed by atoms with van der Waals surface area (Å²) in [7, 11) is 1.55. The molecule has 11 heteroatoms. The maximum absolute atomic E-state index is 15.4. The standard InChI is InChI=1S/C35H36ClFN6O3/c1-46-34(24-7-3-2-4-8-24)20-29(43(22-34)33(45)42-31-15-13-26(36)21-40-31)32(44)41-28-19-25(12-14-27(28)37)35(38,17-16-23-10-11-23)30-9-5-6-18-39-30/h2-9,12-15,18-19,21,23,29H,10-11,16-17,20,22,38H2,1H3,(H,41,44)(H,40,42,45)/t29-,34-,35?/m1/s1. The van der Waals surface area contributed by atoms with E-state index in [0.717, 1.165) is 12.0 Å². The fourth-order valence-electron chi connectivity index (χ4n) is 6.17. The number of methoxy groups -OCH3 is 1. The lowest BCUT2D eigenvalue weighted by Crippen LogP contribution is -2.45. The first-order chi connectivity index (χ1) is 22.2. The van der Waals surface area contributed by atoms with Crippen molar-refractivity contribution in [3.63, 3.8) is 0 Å². The second-order valence-electron chi connectivity index (χ2n) is 12.1. The lowest BCUT2D eigenvalue weighted by Gasteiger charge is -2.30. The summed E-state index contributed by atoms with van der Waals surface area (Å²) in [6.45, 7) is 0.0697. The third kappa shape index (κ3) is 6.60. The molecule has 1 saturated carbocycles. The molecule has 46 heavy (non-hydrogen) atoms. The second-order valence-corrected chi connectivity index (χ2v) is 12.5. The van der Waals surface area contributed by atoms with Gasteiger partial charge in [0.2, 0.25) is 5.91 Å². The smallest absolute Gasteiger partial charge is 0.323 e. The van der Waals surface area contributed by atoms with Crippen molar-refractivity contribution in [2.45, 2.75) is 49.3 Å². The van der Waals surface area contributed by atoms with Gasteiger partial charge < -0.3 is 20.7 Å². The molecule has 1 unspecified atom stereocenters. The van der Waals surface area contributed by atoms with Crippen LogP contribution in [0.2, 0.25) is 5.02 Å². The molecule has 2 aromatic heterocycles. The minimum atomic E-state index is -1.01. The number of hydrogen-bond acceptors (Lipinski definition) is 6. The SMILES string of the molecule is CO[C@]1(c2ccccc2)C[C@H](C(=O)Nc2cc(C(N)(CCC3CC3)c3ccccn3)ccc2F)N(C(=O)Nc2ccc(Cl)cn2)C1. The van der Waals surface area contributed by atoms with Crippen molar-refractivity contribution in [3.05, 3.63) is 119 Å². The number of ether oxygens (including phenoxy) is 1. The van der Waals surface area contributed by atoms with Crippen molar-refractivity contribution in [1.82, 2.24) is 14.9 Å². The average Bonchev–Trinajstić information content (AvgIpc) is 3.83. The predicted octanol–water partition coefficient (Wildman–Crippen LogP) is 6.45. The lowest BCUT2D eigenvalue weighted by atomic mass is 9.82. The number of hydrogen-bond donors (Lipinski definition) is 3. The third-order valence-electron chi connectivity index (χ3n) is 9.05. The number of carbonyl (C=O) groups is 2. The van der Waals surface area contributed by atoms with Crippen LogP contribution in [0.3, 0.4) is 0 Å². The molecule has 9 nitrogen and oxygen atoms in total. The first kappa shape index (κ1) is 31.6. The number of halogens is 2. The third-order valence-corrected chi connectivity index (χ3v) is 9.27. The summed E-state index contributed by atoms with van der Waals surface area (Å²) in [6.07, 6.45) is 7.13. The van der Waals surface area contributed by atoms with Gasteiger partial charge in [-0.05, 0) is 66.3 Å². The zero-order valence-corrected chi connectivity index (χ0v) is 26.2. The van der Waals surface area contributed by atoms with Gasteiger partial charge in [-0.25, -0.2) is 14.2 Å². The Morgan fingerprint density at radius 2 is 1.85 bits per heavy atom. The van der Waals surface area contributed by atoms with E-state index in [2.05, 4.69) is 20.6 Å². The van der Waals surface area contributed by atoms with E-state index >= 15 is 4.39 Å². The van der Waals surface area contributed by atoms with E-state index in [1.54, 1.807) is 37.6 Å². The van der Waals surface area contributed by atoms with E-state index in [4.69, 9.17) is 22.1 Å². The molecule has 3 amide bonds. The Hall–Kier alpha value is -4.38. The highest BCUT2D eigenvalue weighted by atomic mass is 35.5. The van der Waals surface area contributed by atoms with Gasteiger partial charge >= 0.3 is 6.03 Å². The molecule has 3 heterocycles. The molecule has 1 aliphatic carbocycles. The molecule has 1 saturated heterocycles. The highest BCUT2D eigenvalue weighted by molar-refractivity contribution is 6.30. The van der Waals surface area contributed by atoms with Gasteiger partial charge in [0.05, 0.1) is 28.5 Å². The Balaban J connectivity index is 1.30. The second kappa shape index (κ2) is 13.2. The number of nitrogens with zero attached hydrogens (tertiary/aromatic N) is 3. The van der Waals surface area contributed by atoms with E-state index in [-0.39, 0.29) is 24.5 Å². The van der Waals surface area contributed by atoms with Gasteiger partial charge in [0.1, 0.15) is 23.3 Å². The van der Waals surface area contributed by atoms with Gasteiger partial charge in [0, 0.05) is 25.9 Å². The summed E-state index contributed by atoms with van der Waals surface area (Å²) in [6, 6.07) is 21.1. The van der Waals surface area contributed by atoms with Gasteiger partial charge in [-0.2, -0.15) is 0 Å². The number of nitrogens with one attached hydrogen (secondary N) is 2. The molecule has 238 valence electrons. The van der Waals surface area contributed by atoms with Crippen molar-refractivity contribution in [2.24, 2.45) is 11.7 Å². The number of rotatable bonds is 10. The molecule has 0 spiro atoms. The first-order valence-electron chi connectivity index (χ1n) is 15.3. The number of pyridine rings is 2. The van der Waals surface area contributed by atoms with E-state index in [1.165, 1.54) is 30.0 Å². The minimum Gasteiger partial charge on any atom is -0.372 e. The molecule has 4 N–H and O–H groups in total. The average molecular weight is 643 g/mol. The number of likely N-dealkylation sites (tertiary alicyclic amines) is 1. The van der Waals surface area contributed by atoms with Gasteiger partial charge in [-0.15, -0.1) is 0 Å². The van der Waals surface area contributed by atoms with Gasteiger partial charge in [-0.1, -0.05) is 66.9 Å². The zero-order chi connectivity index (χ0) is 32.3. The molecule has 1 aliphatic heterocycles. The largest absolute Gasteiger partial charge is 0.372 e. The first-order valence-corrected chi connectivity index (χ1v) is 15.7. The van der Waals surface area contributed by atoms with Crippen LogP contribution >= 0.6 is 11.6 Å². The molecule has 3 atom stereocenters. The lowest BCUT2D eigenvalue weighted by molar-refractivity contribution is -0.119. The quantitative estimate of drug-likeness (QED) is 0.183. The monoisotopic (exact) mass is 642 g/mol. The fraction of sp³-hybridized carbons (Fsp3) is 0.314. The molecule has 4 aromatic rings. The Labute approximate surface area is 272 Å². The van der Waals surface area contributed by atoms with E-state index in [9.17, 15) is 9.59 Å². The van der Waals surface area contributed by atoms with Crippen LogP contribution in [-0.4, -0.2) is 46.5 Å². The van der Waals surface area contributed by atoms with Crippen LogP contribution in [0.25, 0.3) is 0 Å². The minimum absolute atomic E-state index is 0.0333. The summed E-state index contributed by atoms with van der Waals surface area (Å²) in [5, 5.41) is 5.92. The highest BCUT2D eigenvalue weighted by Gasteiger charge is 2.50. The number of anilines is 2. The number of amides is 3. The number of urea groups is 1. The summed E-state index contributed by atoms with van der Waals surface area (Å²) >= 11 is 5.96. The normalized spacial score (nSPS) is 20.6. The van der Waals surface area contributed by atoms with E-state index in [0.29, 0.717) is 28.6 Å². The predicted molar refractivity (Wildman–Crippen MR) is 175 cm³/mol. The maximum atomic E-state index is 15.4. The van der Waals surface area contributed by atoms with Crippen molar-refractivity contribution in [3.8, 4) is 0 Å². The number of benzene rings is 2. The van der Waals surface area contributed by atoms with Crippen LogP contribution in [0.15, 0.2) is 91.3 Å². The maximum Gasteiger partial charge on any atom is 0.323 e. The van der Waals surface area contributed by atoms with Crippen LogP contribution in [-0.2, 0) is 20.7 Å². The molecule has 0 bridgehead atoms. The van der Waals surface area contributed by atoms with Crippen LogP contribution < -0.4 is 16.4 Å². The van der Waals surface area contributed by atoms with Gasteiger partial charge in [0.15, 0.2) is 0 Å². The highest BCUT2D eigenvalue weighted by Crippen LogP contribution is 2.41. The molecule has 0 radical (unpaired) electrons. The van der Waals surface area contributed by atoms with Crippen molar-refractivity contribution in [2.75, 3.05) is 24.3 Å². The number of nitrogens with two attached hydrogens (primary N) is 1. The molecule has 2 fully saturated rings. The Kier molecular flexibility index (Phi) is 9.04. The van der Waals surface area contributed by atoms with E-state index < -0.39 is 34.9 Å². The molecule has 2 aliphatic rings. The van der Waals surface area contributed by atoms with Crippen LogP contribution in [0, 0.1) is 11.7 Å². The Bertz CT molecular complexity index is 1690. The summed E-state index contributed by atoms with van der Waals surface area (Å²) in [5.41, 5.74) is 7.17. The van der Waals surface area contributed by atoms with Crippen LogP contribution in [0.4, 0.5) is 20.7 Å². The van der Waals surface area contributed by atoms with Crippen molar-refractivity contribution >= 4 is 35.0 Å². The summed E-state index contributed by atoms with van der Waals surface area (Å²) in [5.74, 6) is -0.298. The fourth-order valence-corrected chi connectivity index (χ4v) is 6.28. The van der Waals surface area contributed by atoms with Crippen molar-refractivity contribution in [1.29, 1.82) is 0 Å². The number of aromatic nitrogens is 2. The molecular formula is C35H36ClFN6O3. The molecular weight excluding hydrogens is 607 g/mol. The van der Waals surface area contributed by atoms with Gasteiger partial charge in [-0.3, -0.25) is 15.1 Å². The van der Waals surface area contributed by atoms with Crippen LogP contribution in [0.1, 0.15) is 48.9 Å². The zero-order valence-electron chi connectivity index (χ0n) is 25.5. The number of carbonyl (C=O) groups excluding carboxylic acids is 2. The Morgan fingerprint density at radius 3 is 2.52 bits per heavy atom. The van der Waals surface area contributed by atoms with Crippen LogP contribution in [0.5, 0.6) is 0 Å². The molecule has 6 rings (SSSR count). The summed E-state index contributed by atoms with van der Waals surface area (Å²) in [4.78, 5) is 37.8. The Morgan fingerprint density at radius 1 is 1.07 bits per heavy atom.